The van der Waals surface area contributed by atoms with Crippen LogP contribution in [0.3, 0.4) is 0 Å². The van der Waals surface area contributed by atoms with Crippen molar-refractivity contribution in [1.82, 2.24) is 19.9 Å². The molecule has 8 aromatic rings. The van der Waals surface area contributed by atoms with Crippen LogP contribution in [0.15, 0.2) is 108 Å². The van der Waals surface area contributed by atoms with Gasteiger partial charge in [0.25, 0.3) is 0 Å². The number of pyridine rings is 1. The third kappa shape index (κ3) is 2.94. The van der Waals surface area contributed by atoms with Crippen molar-refractivity contribution in [3.8, 4) is 45.5 Å². The molecule has 0 saturated heterocycles. The van der Waals surface area contributed by atoms with Crippen molar-refractivity contribution < 1.29 is 9.15 Å². The highest BCUT2D eigenvalue weighted by molar-refractivity contribution is 6.17. The number of furan rings is 1. The van der Waals surface area contributed by atoms with E-state index >= 15 is 0 Å². The third-order valence-corrected chi connectivity index (χ3v) is 7.46. The molecule has 0 spiro atoms. The quantitative estimate of drug-likeness (QED) is 0.225. The van der Waals surface area contributed by atoms with Gasteiger partial charge in [-0.25, -0.2) is 15.0 Å². The smallest absolute Gasteiger partial charge is 0.219 e. The van der Waals surface area contributed by atoms with Gasteiger partial charge in [0.15, 0.2) is 11.4 Å². The SMILES string of the molecule is c1cc2cc(c1)-c1nc(c3oc4ccccc4c3n1)-c1cccc3c1[nH]c1c(cccc13)-c1cccc(n1)O2. The second kappa shape index (κ2) is 7.52. The van der Waals surface area contributed by atoms with E-state index in [9.17, 15) is 0 Å². The van der Waals surface area contributed by atoms with Crippen LogP contribution in [-0.2, 0) is 0 Å². The third-order valence-electron chi connectivity index (χ3n) is 7.46. The van der Waals surface area contributed by atoms with Crippen LogP contribution in [0.5, 0.6) is 11.6 Å². The molecule has 0 atom stereocenters. The number of fused-ring (bicyclic) bond motifs is 14. The van der Waals surface area contributed by atoms with Crippen molar-refractivity contribution in [3.05, 3.63) is 103 Å². The maximum absolute atomic E-state index is 6.41. The van der Waals surface area contributed by atoms with E-state index in [1.807, 2.05) is 66.7 Å². The van der Waals surface area contributed by atoms with Crippen molar-refractivity contribution in [3.63, 3.8) is 0 Å². The predicted molar refractivity (Wildman–Crippen MR) is 153 cm³/mol. The number of nitrogens with zero attached hydrogens (tertiary/aromatic N) is 3. The van der Waals surface area contributed by atoms with Gasteiger partial charge in [-0.05, 0) is 30.3 Å². The summed E-state index contributed by atoms with van der Waals surface area (Å²) in [5.41, 5.74) is 8.59. The molecule has 0 fully saturated rings. The minimum absolute atomic E-state index is 0.520. The molecule has 4 aromatic carbocycles. The number of H-pyrrole nitrogens is 1. The van der Waals surface area contributed by atoms with Gasteiger partial charge in [-0.15, -0.1) is 0 Å². The van der Waals surface area contributed by atoms with Crippen LogP contribution in [0.1, 0.15) is 0 Å². The molecule has 4 aromatic heterocycles. The molecule has 0 saturated carbocycles. The first kappa shape index (κ1) is 20.6. The number of benzene rings is 4. The van der Waals surface area contributed by atoms with Crippen LogP contribution in [0.4, 0.5) is 0 Å². The molecule has 8 bridgehead atoms. The second-order valence-electron chi connectivity index (χ2n) is 9.74. The van der Waals surface area contributed by atoms with Gasteiger partial charge >= 0.3 is 0 Å². The minimum atomic E-state index is 0.520. The van der Waals surface area contributed by atoms with Crippen LogP contribution >= 0.6 is 0 Å². The molecule has 0 aliphatic carbocycles. The highest BCUT2D eigenvalue weighted by Gasteiger charge is 2.22. The summed E-state index contributed by atoms with van der Waals surface area (Å²) in [5.74, 6) is 1.78. The summed E-state index contributed by atoms with van der Waals surface area (Å²) in [6, 6.07) is 34.2. The molecule has 1 aliphatic heterocycles. The first-order chi connectivity index (χ1) is 19.3. The molecule has 182 valence electrons. The molecule has 0 amide bonds. The van der Waals surface area contributed by atoms with Crippen molar-refractivity contribution in [2.24, 2.45) is 0 Å². The Balaban J connectivity index is 1.49. The van der Waals surface area contributed by atoms with E-state index in [4.69, 9.17) is 24.1 Å². The first-order valence-corrected chi connectivity index (χ1v) is 12.8. The molecule has 39 heavy (non-hydrogen) atoms. The normalized spacial score (nSPS) is 12.3. The van der Waals surface area contributed by atoms with Gasteiger partial charge < -0.3 is 14.1 Å². The van der Waals surface area contributed by atoms with Gasteiger partial charge in [-0.2, -0.15) is 0 Å². The summed E-state index contributed by atoms with van der Waals surface area (Å²) in [5, 5.41) is 3.18. The van der Waals surface area contributed by atoms with E-state index in [0.717, 1.165) is 66.4 Å². The number of hydrogen-bond acceptors (Lipinski definition) is 5. The summed E-state index contributed by atoms with van der Waals surface area (Å²) in [4.78, 5) is 18.7. The molecule has 0 radical (unpaired) electrons. The number of ether oxygens (including phenoxy) is 1. The van der Waals surface area contributed by atoms with Gasteiger partial charge in [0, 0.05) is 38.9 Å². The van der Waals surface area contributed by atoms with Crippen LogP contribution in [0, 0.1) is 0 Å². The van der Waals surface area contributed by atoms with E-state index in [2.05, 4.69) is 41.4 Å². The topological polar surface area (TPSA) is 76.8 Å². The lowest BCUT2D eigenvalue weighted by atomic mass is 10.0. The Kier molecular flexibility index (Phi) is 3.96. The lowest BCUT2D eigenvalue weighted by Crippen LogP contribution is -1.95. The summed E-state index contributed by atoms with van der Waals surface area (Å²) >= 11 is 0. The standard InChI is InChI=1S/C33H18N4O2/c1-2-15-26-23(9-1)30-32(39-26)31-24-13-5-11-21-20-10-4-12-22(28(20)35-29(21)24)25-14-6-16-27(34-25)38-19-8-3-7-18(17-19)33(36-30)37-31/h1-17,35H. The van der Waals surface area contributed by atoms with E-state index in [1.54, 1.807) is 0 Å². The maximum atomic E-state index is 6.41. The van der Waals surface area contributed by atoms with E-state index in [-0.39, 0.29) is 0 Å². The lowest BCUT2D eigenvalue weighted by molar-refractivity contribution is 0.464. The zero-order chi connectivity index (χ0) is 25.5. The predicted octanol–water partition coefficient (Wildman–Crippen LogP) is 8.51. The summed E-state index contributed by atoms with van der Waals surface area (Å²) < 4.78 is 12.7. The average Bonchev–Trinajstić information content (AvgIpc) is 3.55. The van der Waals surface area contributed by atoms with E-state index in [0.29, 0.717) is 23.0 Å². The zero-order valence-electron chi connectivity index (χ0n) is 20.5. The van der Waals surface area contributed by atoms with Crippen molar-refractivity contribution >= 4 is 43.9 Å². The molecule has 9 rings (SSSR count). The number of nitrogens with one attached hydrogen (secondary N) is 1. The van der Waals surface area contributed by atoms with Gasteiger partial charge in [-0.1, -0.05) is 66.7 Å². The van der Waals surface area contributed by atoms with E-state index < -0.39 is 0 Å². The Hall–Kier alpha value is -5.49. The number of aromatic nitrogens is 4. The van der Waals surface area contributed by atoms with Gasteiger partial charge in [0.2, 0.25) is 5.88 Å². The maximum Gasteiger partial charge on any atom is 0.219 e. The second-order valence-corrected chi connectivity index (χ2v) is 9.74. The fourth-order valence-electron chi connectivity index (χ4n) is 5.70. The van der Waals surface area contributed by atoms with Gasteiger partial charge in [-0.3, -0.25) is 0 Å². The molecule has 1 N–H and O–H groups in total. The molecule has 6 heteroatoms. The average molecular weight is 503 g/mol. The Labute approximate surface area is 221 Å². The highest BCUT2D eigenvalue weighted by Crippen LogP contribution is 2.41. The molecular weight excluding hydrogens is 484 g/mol. The van der Waals surface area contributed by atoms with Gasteiger partial charge in [0.1, 0.15) is 22.5 Å². The zero-order valence-corrected chi connectivity index (χ0v) is 20.5. The van der Waals surface area contributed by atoms with Crippen LogP contribution in [0.25, 0.3) is 77.8 Å². The summed E-state index contributed by atoms with van der Waals surface area (Å²) in [6.45, 7) is 0. The fourth-order valence-corrected chi connectivity index (χ4v) is 5.70. The number of hydrogen-bond donors (Lipinski definition) is 1. The Morgan fingerprint density at radius 3 is 2.31 bits per heavy atom. The highest BCUT2D eigenvalue weighted by atomic mass is 16.5. The lowest BCUT2D eigenvalue weighted by Gasteiger charge is -2.10. The van der Waals surface area contributed by atoms with Crippen molar-refractivity contribution in [2.75, 3.05) is 0 Å². The molecule has 6 nitrogen and oxygen atoms in total. The Morgan fingerprint density at radius 2 is 1.38 bits per heavy atom. The minimum Gasteiger partial charge on any atom is -0.452 e. The molecule has 5 heterocycles. The summed E-state index contributed by atoms with van der Waals surface area (Å²) in [7, 11) is 0. The largest absolute Gasteiger partial charge is 0.452 e. The molecule has 0 unspecified atom stereocenters. The molecular formula is C33H18N4O2. The number of aromatic amines is 1. The van der Waals surface area contributed by atoms with Crippen LogP contribution in [0.2, 0.25) is 0 Å². The monoisotopic (exact) mass is 502 g/mol. The number of para-hydroxylation sites is 3. The van der Waals surface area contributed by atoms with Gasteiger partial charge in [0.05, 0.1) is 16.7 Å². The fraction of sp³-hybridized carbons (Fsp3) is 0. The summed E-state index contributed by atoms with van der Waals surface area (Å²) in [6.07, 6.45) is 0. The van der Waals surface area contributed by atoms with Crippen molar-refractivity contribution in [2.45, 2.75) is 0 Å². The Morgan fingerprint density at radius 1 is 0.615 bits per heavy atom. The van der Waals surface area contributed by atoms with Crippen LogP contribution < -0.4 is 4.74 Å². The molecule has 1 aliphatic rings. The number of rotatable bonds is 0. The first-order valence-electron chi connectivity index (χ1n) is 12.8. The Bertz CT molecular complexity index is 2280. The van der Waals surface area contributed by atoms with Crippen LogP contribution in [-0.4, -0.2) is 19.9 Å². The van der Waals surface area contributed by atoms with E-state index in [1.165, 1.54) is 0 Å². The van der Waals surface area contributed by atoms with Crippen molar-refractivity contribution in [1.29, 1.82) is 0 Å².